The summed E-state index contributed by atoms with van der Waals surface area (Å²) in [5, 5.41) is 5.34. The Bertz CT molecular complexity index is 1170. The number of hydrogen-bond donors (Lipinski definition) is 3. The topological polar surface area (TPSA) is 118 Å². The number of furan rings is 1. The van der Waals surface area contributed by atoms with Crippen LogP contribution in [0.15, 0.2) is 65.3 Å². The molecule has 8 nitrogen and oxygen atoms in total. The second kappa shape index (κ2) is 9.60. The molecule has 1 aliphatic rings. The van der Waals surface area contributed by atoms with E-state index in [9.17, 15) is 14.4 Å². The third kappa shape index (κ3) is 5.06. The lowest BCUT2D eigenvalue weighted by Gasteiger charge is -2.24. The molecule has 0 saturated heterocycles. The van der Waals surface area contributed by atoms with E-state index in [1.165, 1.54) is 17.5 Å². The van der Waals surface area contributed by atoms with E-state index in [4.69, 9.17) is 10.2 Å². The van der Waals surface area contributed by atoms with Crippen LogP contribution in [0.4, 0.5) is 5.69 Å². The van der Waals surface area contributed by atoms with Gasteiger partial charge in [-0.15, -0.1) is 0 Å². The standard InChI is InChI=1S/C25H26N4O4/c1-16-12-19-4-2-3-5-21(19)29(16)15-22-20(10-11-33-22)25(32)27-13-17-6-8-18(9-7-17)24(31)28-14-23(26)30/h2-11,16H,12-15H2,1H3,(H2,26,30)(H,27,32)(H,28,31). The number of nitrogens with two attached hydrogens (primary N) is 1. The lowest BCUT2D eigenvalue weighted by atomic mass is 10.1. The lowest BCUT2D eigenvalue weighted by molar-refractivity contribution is -0.117. The molecule has 0 fully saturated rings. The van der Waals surface area contributed by atoms with Gasteiger partial charge in [-0.2, -0.15) is 0 Å². The van der Waals surface area contributed by atoms with E-state index >= 15 is 0 Å². The molecule has 33 heavy (non-hydrogen) atoms. The van der Waals surface area contributed by atoms with E-state index in [-0.39, 0.29) is 18.4 Å². The number of para-hydroxylation sites is 1. The monoisotopic (exact) mass is 446 g/mol. The van der Waals surface area contributed by atoms with Gasteiger partial charge in [-0.25, -0.2) is 0 Å². The summed E-state index contributed by atoms with van der Waals surface area (Å²) >= 11 is 0. The van der Waals surface area contributed by atoms with Gasteiger partial charge in [0.15, 0.2) is 0 Å². The van der Waals surface area contributed by atoms with Gasteiger partial charge in [0.25, 0.3) is 11.8 Å². The molecule has 4 N–H and O–H groups in total. The van der Waals surface area contributed by atoms with Crippen molar-refractivity contribution in [3.05, 3.63) is 88.9 Å². The Kier molecular flexibility index (Phi) is 6.44. The van der Waals surface area contributed by atoms with Crippen LogP contribution in [-0.4, -0.2) is 30.3 Å². The van der Waals surface area contributed by atoms with E-state index in [1.54, 1.807) is 30.3 Å². The fourth-order valence-corrected chi connectivity index (χ4v) is 4.01. The van der Waals surface area contributed by atoms with Crippen LogP contribution in [0.1, 0.15) is 44.5 Å². The van der Waals surface area contributed by atoms with Gasteiger partial charge < -0.3 is 25.7 Å². The first-order chi connectivity index (χ1) is 15.9. The van der Waals surface area contributed by atoms with Crippen LogP contribution in [0.2, 0.25) is 0 Å². The summed E-state index contributed by atoms with van der Waals surface area (Å²) in [7, 11) is 0. The Balaban J connectivity index is 1.36. The van der Waals surface area contributed by atoms with Gasteiger partial charge in [-0.3, -0.25) is 14.4 Å². The van der Waals surface area contributed by atoms with Crippen molar-refractivity contribution in [3.63, 3.8) is 0 Å². The summed E-state index contributed by atoms with van der Waals surface area (Å²) in [5.41, 5.74) is 9.26. The largest absolute Gasteiger partial charge is 0.467 e. The number of rotatable bonds is 8. The molecule has 0 aliphatic carbocycles. The van der Waals surface area contributed by atoms with Crippen LogP contribution in [-0.2, 0) is 24.3 Å². The maximum absolute atomic E-state index is 12.8. The fourth-order valence-electron chi connectivity index (χ4n) is 4.01. The summed E-state index contributed by atoms with van der Waals surface area (Å²) in [6.45, 7) is 2.77. The van der Waals surface area contributed by atoms with Crippen molar-refractivity contribution in [2.45, 2.75) is 32.5 Å². The zero-order valence-electron chi connectivity index (χ0n) is 18.3. The van der Waals surface area contributed by atoms with Crippen molar-refractivity contribution >= 4 is 23.4 Å². The lowest BCUT2D eigenvalue weighted by Crippen LogP contribution is -2.33. The first-order valence-corrected chi connectivity index (χ1v) is 10.8. The summed E-state index contributed by atoms with van der Waals surface area (Å²) in [6, 6.07) is 17.1. The number of amides is 3. The SMILES string of the molecule is CC1Cc2ccccc2N1Cc1occc1C(=O)NCc1ccc(C(=O)NCC(N)=O)cc1. The van der Waals surface area contributed by atoms with Crippen LogP contribution < -0.4 is 21.3 Å². The Hall–Kier alpha value is -4.07. The molecule has 1 unspecified atom stereocenters. The van der Waals surface area contributed by atoms with E-state index in [0.717, 1.165) is 12.0 Å². The summed E-state index contributed by atoms with van der Waals surface area (Å²) in [4.78, 5) is 37.8. The van der Waals surface area contributed by atoms with E-state index in [0.29, 0.717) is 36.0 Å². The molecule has 1 aromatic heterocycles. The van der Waals surface area contributed by atoms with Crippen LogP contribution in [0.5, 0.6) is 0 Å². The predicted octanol–water partition coefficient (Wildman–Crippen LogP) is 2.38. The normalized spacial score (nSPS) is 14.6. The minimum Gasteiger partial charge on any atom is -0.467 e. The minimum absolute atomic E-state index is 0.217. The molecule has 2 heterocycles. The maximum Gasteiger partial charge on any atom is 0.255 e. The number of anilines is 1. The number of nitrogens with zero attached hydrogens (tertiary/aromatic N) is 1. The summed E-state index contributed by atoms with van der Waals surface area (Å²) in [5.74, 6) is -0.588. The molecule has 8 heteroatoms. The quantitative estimate of drug-likeness (QED) is 0.491. The third-order valence-corrected chi connectivity index (χ3v) is 5.74. The molecule has 0 bridgehead atoms. The molecule has 0 spiro atoms. The van der Waals surface area contributed by atoms with Crippen molar-refractivity contribution in [1.82, 2.24) is 10.6 Å². The summed E-state index contributed by atoms with van der Waals surface area (Å²) in [6.07, 6.45) is 2.51. The molecule has 170 valence electrons. The zero-order chi connectivity index (χ0) is 23.4. The molecule has 0 radical (unpaired) electrons. The van der Waals surface area contributed by atoms with Crippen molar-refractivity contribution in [2.75, 3.05) is 11.4 Å². The highest BCUT2D eigenvalue weighted by molar-refractivity contribution is 5.96. The molecule has 3 amide bonds. The van der Waals surface area contributed by atoms with Gasteiger partial charge in [0.05, 0.1) is 24.9 Å². The average Bonchev–Trinajstić information content (AvgIpc) is 3.40. The number of benzene rings is 2. The molecule has 3 aromatic rings. The van der Waals surface area contributed by atoms with E-state index in [1.807, 2.05) is 12.1 Å². The molecular weight excluding hydrogens is 420 g/mol. The number of fused-ring (bicyclic) bond motifs is 1. The Morgan fingerprint density at radius 3 is 2.55 bits per heavy atom. The molecular formula is C25H26N4O4. The first kappa shape index (κ1) is 22.1. The first-order valence-electron chi connectivity index (χ1n) is 10.8. The van der Waals surface area contributed by atoms with Crippen molar-refractivity contribution < 1.29 is 18.8 Å². The van der Waals surface area contributed by atoms with Gasteiger partial charge in [0, 0.05) is 23.8 Å². The van der Waals surface area contributed by atoms with Crippen molar-refractivity contribution in [1.29, 1.82) is 0 Å². The zero-order valence-corrected chi connectivity index (χ0v) is 18.3. The molecule has 1 aliphatic heterocycles. The molecule has 1 atom stereocenters. The second-order valence-corrected chi connectivity index (χ2v) is 8.10. The van der Waals surface area contributed by atoms with E-state index < -0.39 is 5.91 Å². The van der Waals surface area contributed by atoms with Gasteiger partial charge in [-0.05, 0) is 48.7 Å². The maximum atomic E-state index is 12.8. The Labute approximate surface area is 191 Å². The number of nitrogens with one attached hydrogen (secondary N) is 2. The highest BCUT2D eigenvalue weighted by atomic mass is 16.3. The Morgan fingerprint density at radius 1 is 1.03 bits per heavy atom. The average molecular weight is 447 g/mol. The van der Waals surface area contributed by atoms with Crippen molar-refractivity contribution in [3.8, 4) is 0 Å². The second-order valence-electron chi connectivity index (χ2n) is 8.10. The molecule has 4 rings (SSSR count). The van der Waals surface area contributed by atoms with Crippen LogP contribution in [0.3, 0.4) is 0 Å². The fraction of sp³-hybridized carbons (Fsp3) is 0.240. The van der Waals surface area contributed by atoms with Crippen LogP contribution >= 0.6 is 0 Å². The Morgan fingerprint density at radius 2 is 1.79 bits per heavy atom. The van der Waals surface area contributed by atoms with E-state index in [2.05, 4.69) is 34.6 Å². The van der Waals surface area contributed by atoms with Crippen LogP contribution in [0.25, 0.3) is 0 Å². The van der Waals surface area contributed by atoms with Gasteiger partial charge in [-0.1, -0.05) is 30.3 Å². The van der Waals surface area contributed by atoms with Gasteiger partial charge >= 0.3 is 0 Å². The number of primary amides is 1. The molecule has 0 saturated carbocycles. The van der Waals surface area contributed by atoms with Gasteiger partial charge in [0.1, 0.15) is 5.76 Å². The number of hydrogen-bond acceptors (Lipinski definition) is 5. The predicted molar refractivity (Wildman–Crippen MR) is 124 cm³/mol. The highest BCUT2D eigenvalue weighted by Gasteiger charge is 2.28. The highest BCUT2D eigenvalue weighted by Crippen LogP contribution is 2.33. The number of carbonyl (C=O) groups is 3. The van der Waals surface area contributed by atoms with Gasteiger partial charge in [0.2, 0.25) is 5.91 Å². The third-order valence-electron chi connectivity index (χ3n) is 5.74. The van der Waals surface area contributed by atoms with Crippen LogP contribution in [0, 0.1) is 0 Å². The summed E-state index contributed by atoms with van der Waals surface area (Å²) < 4.78 is 5.67. The van der Waals surface area contributed by atoms with Crippen molar-refractivity contribution in [2.24, 2.45) is 5.73 Å². The molecule has 2 aromatic carbocycles. The smallest absolute Gasteiger partial charge is 0.255 e. The minimum atomic E-state index is -0.607. The number of carbonyl (C=O) groups excluding carboxylic acids is 3.